The summed E-state index contributed by atoms with van der Waals surface area (Å²) in [6.45, 7) is 10.3. The van der Waals surface area contributed by atoms with E-state index in [4.69, 9.17) is 4.74 Å². The third kappa shape index (κ3) is 6.44. The van der Waals surface area contributed by atoms with Crippen molar-refractivity contribution in [3.8, 4) is 0 Å². The predicted octanol–water partition coefficient (Wildman–Crippen LogP) is 7.08. The van der Waals surface area contributed by atoms with E-state index in [0.717, 1.165) is 69.5 Å². The summed E-state index contributed by atoms with van der Waals surface area (Å²) < 4.78 is 52.1. The van der Waals surface area contributed by atoms with Crippen molar-refractivity contribution in [1.29, 1.82) is 0 Å². The first-order valence-corrected chi connectivity index (χ1v) is 17.1. The first-order valence-electron chi connectivity index (χ1n) is 17.1. The van der Waals surface area contributed by atoms with Gasteiger partial charge in [0.2, 0.25) is 0 Å². The number of nitrogens with zero attached hydrogens (tertiary/aromatic N) is 4. The Balaban J connectivity index is 1.24. The molecule has 0 radical (unpaired) electrons. The highest BCUT2D eigenvalue weighted by molar-refractivity contribution is 5.69. The lowest BCUT2D eigenvalue weighted by Gasteiger charge is -2.51. The Morgan fingerprint density at radius 2 is 1.80 bits per heavy atom. The molecule has 6 rings (SSSR count). The molecule has 1 aliphatic carbocycles. The second kappa shape index (κ2) is 13.8. The SMILES string of the molecule is CCC(=O)O[C@H]1CCC[C@@H]1[C@](Cn1ccnc1CC)(c1cccc(F)c1)C1CCN(CC2CN(c3cc(F)c(C)cc3F)C2)CC1. The van der Waals surface area contributed by atoms with Gasteiger partial charge in [-0.2, -0.15) is 0 Å². The normalized spacial score (nSPS) is 22.5. The monoisotopic (exact) mass is 636 g/mol. The molecule has 0 amide bonds. The van der Waals surface area contributed by atoms with E-state index in [2.05, 4.69) is 27.4 Å². The highest BCUT2D eigenvalue weighted by Crippen LogP contribution is 2.52. The Morgan fingerprint density at radius 1 is 1.02 bits per heavy atom. The number of aryl methyl sites for hydroxylation is 2. The molecule has 3 aliphatic rings. The average Bonchev–Trinajstić information content (AvgIpc) is 3.69. The molecule has 248 valence electrons. The smallest absolute Gasteiger partial charge is 0.305 e. The van der Waals surface area contributed by atoms with Gasteiger partial charge in [0.1, 0.15) is 29.4 Å². The fraction of sp³-hybridized carbons (Fsp3) is 0.568. The molecule has 3 fully saturated rings. The summed E-state index contributed by atoms with van der Waals surface area (Å²) in [4.78, 5) is 21.7. The van der Waals surface area contributed by atoms with Gasteiger partial charge in [0, 0.05) is 74.7 Å². The predicted molar refractivity (Wildman–Crippen MR) is 173 cm³/mol. The van der Waals surface area contributed by atoms with Crippen LogP contribution in [0.1, 0.15) is 69.3 Å². The van der Waals surface area contributed by atoms with Gasteiger partial charge in [-0.1, -0.05) is 26.0 Å². The van der Waals surface area contributed by atoms with Crippen LogP contribution in [0.3, 0.4) is 0 Å². The number of aromatic nitrogens is 2. The van der Waals surface area contributed by atoms with Crippen LogP contribution in [-0.2, 0) is 27.9 Å². The van der Waals surface area contributed by atoms with Crippen LogP contribution >= 0.6 is 0 Å². The number of hydrogen-bond acceptors (Lipinski definition) is 5. The van der Waals surface area contributed by atoms with Crippen LogP contribution in [0.2, 0.25) is 0 Å². The van der Waals surface area contributed by atoms with E-state index in [1.54, 1.807) is 13.0 Å². The Labute approximate surface area is 270 Å². The molecule has 0 bridgehead atoms. The Hall–Kier alpha value is -3.33. The highest BCUT2D eigenvalue weighted by Gasteiger charge is 2.53. The number of ether oxygens (including phenoxy) is 1. The van der Waals surface area contributed by atoms with Crippen LogP contribution < -0.4 is 4.90 Å². The molecule has 6 nitrogen and oxygen atoms in total. The van der Waals surface area contributed by atoms with Crippen molar-refractivity contribution in [2.75, 3.05) is 37.6 Å². The van der Waals surface area contributed by atoms with Gasteiger partial charge in [-0.3, -0.25) is 4.79 Å². The second-order valence-electron chi connectivity index (χ2n) is 13.7. The molecule has 0 spiro atoms. The van der Waals surface area contributed by atoms with E-state index in [1.807, 2.05) is 30.3 Å². The molecule has 2 saturated heterocycles. The van der Waals surface area contributed by atoms with Gasteiger partial charge >= 0.3 is 5.97 Å². The minimum absolute atomic E-state index is 0.0541. The summed E-state index contributed by atoms with van der Waals surface area (Å²) in [5.74, 6) is 0.506. The van der Waals surface area contributed by atoms with Crippen molar-refractivity contribution in [2.45, 2.75) is 83.8 Å². The van der Waals surface area contributed by atoms with Gasteiger partial charge in [0.05, 0.1) is 5.69 Å². The van der Waals surface area contributed by atoms with Crippen LogP contribution in [0.15, 0.2) is 48.8 Å². The first kappa shape index (κ1) is 32.6. The molecule has 1 aromatic heterocycles. The molecule has 3 aromatic rings. The van der Waals surface area contributed by atoms with Crippen molar-refractivity contribution in [3.63, 3.8) is 0 Å². The van der Waals surface area contributed by atoms with Crippen LogP contribution in [0.4, 0.5) is 18.9 Å². The zero-order valence-corrected chi connectivity index (χ0v) is 27.4. The van der Waals surface area contributed by atoms with Crippen LogP contribution in [0.5, 0.6) is 0 Å². The Bertz CT molecular complexity index is 1510. The molecule has 2 aromatic carbocycles. The standard InChI is InChI=1S/C37H47F3N4O2/c1-4-35-41-14-17-43(35)24-37(28-8-6-9-29(38)19-28,30-10-7-11-34(30)46-36(45)5-2)27-12-15-42(16-13-27)21-26-22-44(23-26)33-20-31(39)25(3)18-32(33)40/h6,8-9,14,17-20,26-27,30,34H,4-5,7,10-13,15-16,21-24H2,1-3H3/t30-,34-,37-/m0/s1. The number of imidazole rings is 1. The molecule has 3 atom stereocenters. The molecule has 2 aliphatic heterocycles. The third-order valence-electron chi connectivity index (χ3n) is 11.0. The summed E-state index contributed by atoms with van der Waals surface area (Å²) in [6.07, 6.45) is 9.38. The van der Waals surface area contributed by atoms with Gasteiger partial charge < -0.3 is 19.1 Å². The molecular formula is C37H47F3N4O2. The maximum absolute atomic E-state index is 15.0. The molecule has 9 heteroatoms. The lowest BCUT2D eigenvalue weighted by atomic mass is 9.58. The molecule has 0 N–H and O–H groups in total. The number of hydrogen-bond donors (Lipinski definition) is 0. The van der Waals surface area contributed by atoms with Crippen molar-refractivity contribution < 1.29 is 22.7 Å². The van der Waals surface area contributed by atoms with Crippen molar-refractivity contribution in [3.05, 3.63) is 83.2 Å². The summed E-state index contributed by atoms with van der Waals surface area (Å²) in [5, 5.41) is 0. The molecular weight excluding hydrogens is 589 g/mol. The second-order valence-corrected chi connectivity index (χ2v) is 13.7. The molecule has 46 heavy (non-hydrogen) atoms. The van der Waals surface area contributed by atoms with Gasteiger partial charge in [-0.25, -0.2) is 18.2 Å². The first-order chi connectivity index (χ1) is 22.2. The minimum atomic E-state index is -0.450. The quantitative estimate of drug-likeness (QED) is 0.211. The lowest BCUT2D eigenvalue weighted by Crippen LogP contribution is -2.55. The van der Waals surface area contributed by atoms with E-state index in [9.17, 15) is 13.6 Å². The van der Waals surface area contributed by atoms with Crippen molar-refractivity contribution >= 4 is 11.7 Å². The summed E-state index contributed by atoms with van der Waals surface area (Å²) >= 11 is 0. The largest absolute Gasteiger partial charge is 0.462 e. The maximum atomic E-state index is 15.0. The van der Waals surface area contributed by atoms with Gasteiger partial charge in [0.15, 0.2) is 0 Å². The fourth-order valence-corrected chi connectivity index (χ4v) is 8.61. The zero-order valence-electron chi connectivity index (χ0n) is 27.4. The lowest BCUT2D eigenvalue weighted by molar-refractivity contribution is -0.152. The number of piperidine rings is 1. The summed E-state index contributed by atoms with van der Waals surface area (Å²) in [7, 11) is 0. The van der Waals surface area contributed by atoms with Gasteiger partial charge in [-0.05, 0) is 87.4 Å². The van der Waals surface area contributed by atoms with Crippen LogP contribution in [0, 0.1) is 42.1 Å². The minimum Gasteiger partial charge on any atom is -0.462 e. The number of esters is 1. The molecule has 1 saturated carbocycles. The van der Waals surface area contributed by atoms with Gasteiger partial charge in [-0.15, -0.1) is 0 Å². The van der Waals surface area contributed by atoms with E-state index in [-0.39, 0.29) is 41.4 Å². The van der Waals surface area contributed by atoms with E-state index >= 15 is 4.39 Å². The third-order valence-corrected chi connectivity index (χ3v) is 11.0. The Kier molecular flexibility index (Phi) is 9.78. The highest BCUT2D eigenvalue weighted by atomic mass is 19.1. The van der Waals surface area contributed by atoms with E-state index in [1.165, 1.54) is 18.2 Å². The number of rotatable bonds is 11. The fourth-order valence-electron chi connectivity index (χ4n) is 8.61. The number of anilines is 1. The number of benzene rings is 2. The number of halogens is 3. The maximum Gasteiger partial charge on any atom is 0.305 e. The topological polar surface area (TPSA) is 50.6 Å². The average molecular weight is 637 g/mol. The zero-order chi connectivity index (χ0) is 32.4. The van der Waals surface area contributed by atoms with E-state index in [0.29, 0.717) is 43.2 Å². The number of carbonyl (C=O) groups is 1. The van der Waals surface area contributed by atoms with Crippen molar-refractivity contribution in [2.24, 2.45) is 17.8 Å². The van der Waals surface area contributed by atoms with Crippen LogP contribution in [0.25, 0.3) is 0 Å². The molecule has 0 unspecified atom stereocenters. The summed E-state index contributed by atoms with van der Waals surface area (Å²) in [5.41, 5.74) is 1.20. The van der Waals surface area contributed by atoms with E-state index < -0.39 is 5.41 Å². The Morgan fingerprint density at radius 3 is 2.52 bits per heavy atom. The molecule has 3 heterocycles. The van der Waals surface area contributed by atoms with Gasteiger partial charge in [0.25, 0.3) is 0 Å². The van der Waals surface area contributed by atoms with Crippen molar-refractivity contribution in [1.82, 2.24) is 14.5 Å². The number of likely N-dealkylation sites (tertiary alicyclic amines) is 1. The number of carbonyl (C=O) groups excluding carboxylic acids is 1. The summed E-state index contributed by atoms with van der Waals surface area (Å²) in [6, 6.07) is 9.70. The van der Waals surface area contributed by atoms with Crippen LogP contribution in [-0.4, -0.2) is 59.2 Å².